The molecule has 0 atom stereocenters. The first-order chi connectivity index (χ1) is 9.65. The first kappa shape index (κ1) is 14.9. The summed E-state index contributed by atoms with van der Waals surface area (Å²) in [4.78, 5) is 4.99. The molecule has 0 amide bonds. The molecule has 0 aromatic heterocycles. The number of benzene rings is 1. The van der Waals surface area contributed by atoms with Gasteiger partial charge in [-0.1, -0.05) is 12.1 Å². The Hall–Kier alpha value is -1.55. The van der Waals surface area contributed by atoms with Crippen LogP contribution in [0.15, 0.2) is 24.3 Å². The van der Waals surface area contributed by atoms with Crippen LogP contribution in [0.25, 0.3) is 0 Å². The molecule has 2 rings (SSSR count). The molecule has 1 aliphatic heterocycles. The standard InChI is InChI=1S/C16H26N4/c1-14-5-4-6-15(13-14)20-11-9-19(10-12-20)8-3-2-7-16(17)18/h4-6,13H,2-3,7-12H2,1H3,(H3,17,18). The Labute approximate surface area is 122 Å². The van der Waals surface area contributed by atoms with Crippen LogP contribution in [0.3, 0.4) is 0 Å². The summed E-state index contributed by atoms with van der Waals surface area (Å²) in [6.07, 6.45) is 2.92. The van der Waals surface area contributed by atoms with Crippen molar-refractivity contribution in [2.75, 3.05) is 37.6 Å². The molecule has 110 valence electrons. The van der Waals surface area contributed by atoms with E-state index in [1.807, 2.05) is 0 Å². The second-order valence-electron chi connectivity index (χ2n) is 5.65. The molecule has 1 fully saturated rings. The van der Waals surface area contributed by atoms with Crippen molar-refractivity contribution < 1.29 is 0 Å². The summed E-state index contributed by atoms with van der Waals surface area (Å²) >= 11 is 0. The highest BCUT2D eigenvalue weighted by Gasteiger charge is 2.16. The van der Waals surface area contributed by atoms with Gasteiger partial charge in [-0.3, -0.25) is 10.3 Å². The van der Waals surface area contributed by atoms with E-state index in [0.29, 0.717) is 5.84 Å². The molecule has 1 aromatic carbocycles. The number of nitrogens with zero attached hydrogens (tertiary/aromatic N) is 2. The van der Waals surface area contributed by atoms with Crippen LogP contribution >= 0.6 is 0 Å². The topological polar surface area (TPSA) is 56.4 Å². The predicted octanol–water partition coefficient (Wildman–Crippen LogP) is 2.22. The Bertz CT molecular complexity index is 436. The Morgan fingerprint density at radius 1 is 1.20 bits per heavy atom. The van der Waals surface area contributed by atoms with Crippen LogP contribution < -0.4 is 10.6 Å². The van der Waals surface area contributed by atoms with Crippen molar-refractivity contribution in [1.29, 1.82) is 5.41 Å². The van der Waals surface area contributed by atoms with Gasteiger partial charge in [-0.15, -0.1) is 0 Å². The van der Waals surface area contributed by atoms with Crippen LogP contribution in [0.2, 0.25) is 0 Å². The Kier molecular flexibility index (Phi) is 5.41. The highest BCUT2D eigenvalue weighted by Crippen LogP contribution is 2.17. The normalized spacial score (nSPS) is 16.4. The van der Waals surface area contributed by atoms with Crippen molar-refractivity contribution in [2.45, 2.75) is 26.2 Å². The lowest BCUT2D eigenvalue weighted by Gasteiger charge is -2.36. The predicted molar refractivity (Wildman–Crippen MR) is 85.6 cm³/mol. The van der Waals surface area contributed by atoms with Gasteiger partial charge in [-0.05, 0) is 44.0 Å². The van der Waals surface area contributed by atoms with E-state index in [-0.39, 0.29) is 0 Å². The highest BCUT2D eigenvalue weighted by molar-refractivity contribution is 5.76. The van der Waals surface area contributed by atoms with Crippen LogP contribution in [0.1, 0.15) is 24.8 Å². The third-order valence-corrected chi connectivity index (χ3v) is 3.91. The van der Waals surface area contributed by atoms with Gasteiger partial charge in [-0.25, -0.2) is 0 Å². The molecule has 1 aromatic rings. The van der Waals surface area contributed by atoms with Gasteiger partial charge >= 0.3 is 0 Å². The van der Waals surface area contributed by atoms with Gasteiger partial charge in [-0.2, -0.15) is 0 Å². The number of aryl methyl sites for hydroxylation is 1. The van der Waals surface area contributed by atoms with Crippen LogP contribution in [-0.2, 0) is 0 Å². The minimum Gasteiger partial charge on any atom is -0.388 e. The molecule has 20 heavy (non-hydrogen) atoms. The van der Waals surface area contributed by atoms with Crippen molar-refractivity contribution in [1.82, 2.24) is 4.90 Å². The molecule has 1 heterocycles. The zero-order valence-corrected chi connectivity index (χ0v) is 12.4. The first-order valence-corrected chi connectivity index (χ1v) is 7.52. The average Bonchev–Trinajstić information content (AvgIpc) is 2.44. The van der Waals surface area contributed by atoms with Gasteiger partial charge in [0.15, 0.2) is 0 Å². The number of amidine groups is 1. The van der Waals surface area contributed by atoms with Crippen molar-refractivity contribution >= 4 is 11.5 Å². The molecule has 0 unspecified atom stereocenters. The van der Waals surface area contributed by atoms with E-state index in [1.165, 1.54) is 11.3 Å². The zero-order valence-electron chi connectivity index (χ0n) is 12.4. The van der Waals surface area contributed by atoms with E-state index in [1.54, 1.807) is 0 Å². The number of rotatable bonds is 6. The summed E-state index contributed by atoms with van der Waals surface area (Å²) in [7, 11) is 0. The summed E-state index contributed by atoms with van der Waals surface area (Å²) in [6, 6.07) is 8.76. The molecule has 0 spiro atoms. The van der Waals surface area contributed by atoms with E-state index in [0.717, 1.165) is 52.0 Å². The second kappa shape index (κ2) is 7.29. The summed E-state index contributed by atoms with van der Waals surface area (Å²) in [5.74, 6) is 0.314. The number of hydrogen-bond donors (Lipinski definition) is 2. The maximum atomic E-state index is 7.21. The van der Waals surface area contributed by atoms with Crippen molar-refractivity contribution in [3.05, 3.63) is 29.8 Å². The minimum atomic E-state index is 0.314. The van der Waals surface area contributed by atoms with Crippen molar-refractivity contribution in [2.24, 2.45) is 5.73 Å². The SMILES string of the molecule is Cc1cccc(N2CCN(CCCCC(=N)N)CC2)c1. The first-order valence-electron chi connectivity index (χ1n) is 7.52. The number of nitrogens with one attached hydrogen (secondary N) is 1. The molecule has 0 radical (unpaired) electrons. The third-order valence-electron chi connectivity index (χ3n) is 3.91. The summed E-state index contributed by atoms with van der Waals surface area (Å²) in [5, 5.41) is 7.21. The van der Waals surface area contributed by atoms with Crippen LogP contribution in [0.5, 0.6) is 0 Å². The fourth-order valence-electron chi connectivity index (χ4n) is 2.71. The van der Waals surface area contributed by atoms with E-state index in [9.17, 15) is 0 Å². The van der Waals surface area contributed by atoms with Gasteiger partial charge in [0.05, 0.1) is 5.84 Å². The fourth-order valence-corrected chi connectivity index (χ4v) is 2.71. The van der Waals surface area contributed by atoms with Gasteiger partial charge < -0.3 is 10.6 Å². The highest BCUT2D eigenvalue weighted by atomic mass is 15.3. The van der Waals surface area contributed by atoms with E-state index < -0.39 is 0 Å². The molecular formula is C16H26N4. The molecule has 0 aliphatic carbocycles. The number of nitrogens with two attached hydrogens (primary N) is 1. The number of piperazine rings is 1. The summed E-state index contributed by atoms with van der Waals surface area (Å²) in [5.41, 5.74) is 8.05. The largest absolute Gasteiger partial charge is 0.388 e. The number of hydrogen-bond acceptors (Lipinski definition) is 3. The van der Waals surface area contributed by atoms with Gasteiger partial charge in [0.2, 0.25) is 0 Å². The summed E-state index contributed by atoms with van der Waals surface area (Å²) < 4.78 is 0. The Balaban J connectivity index is 1.71. The monoisotopic (exact) mass is 274 g/mol. The lowest BCUT2D eigenvalue weighted by Crippen LogP contribution is -2.46. The number of unbranched alkanes of at least 4 members (excludes halogenated alkanes) is 1. The Morgan fingerprint density at radius 3 is 2.60 bits per heavy atom. The second-order valence-corrected chi connectivity index (χ2v) is 5.65. The molecule has 0 bridgehead atoms. The lowest BCUT2D eigenvalue weighted by atomic mass is 10.1. The minimum absolute atomic E-state index is 0.314. The quantitative estimate of drug-likeness (QED) is 0.475. The lowest BCUT2D eigenvalue weighted by molar-refractivity contribution is 0.253. The summed E-state index contributed by atoms with van der Waals surface area (Å²) in [6.45, 7) is 7.76. The molecule has 1 saturated heterocycles. The van der Waals surface area contributed by atoms with Gasteiger partial charge in [0.1, 0.15) is 0 Å². The molecular weight excluding hydrogens is 248 g/mol. The molecule has 4 nitrogen and oxygen atoms in total. The molecule has 3 N–H and O–H groups in total. The molecule has 1 aliphatic rings. The average molecular weight is 274 g/mol. The van der Waals surface area contributed by atoms with E-state index in [4.69, 9.17) is 11.1 Å². The van der Waals surface area contributed by atoms with Crippen LogP contribution in [-0.4, -0.2) is 43.5 Å². The van der Waals surface area contributed by atoms with Gasteiger partial charge in [0, 0.05) is 38.3 Å². The van der Waals surface area contributed by atoms with Crippen molar-refractivity contribution in [3.63, 3.8) is 0 Å². The molecule has 0 saturated carbocycles. The van der Waals surface area contributed by atoms with Gasteiger partial charge in [0.25, 0.3) is 0 Å². The zero-order chi connectivity index (χ0) is 14.4. The van der Waals surface area contributed by atoms with Crippen LogP contribution in [0, 0.1) is 12.3 Å². The Morgan fingerprint density at radius 2 is 1.95 bits per heavy atom. The maximum absolute atomic E-state index is 7.21. The smallest absolute Gasteiger partial charge is 0.0905 e. The fraction of sp³-hybridized carbons (Fsp3) is 0.562. The van der Waals surface area contributed by atoms with Crippen LogP contribution in [0.4, 0.5) is 5.69 Å². The number of anilines is 1. The third kappa shape index (κ3) is 4.53. The molecule has 4 heteroatoms. The van der Waals surface area contributed by atoms with E-state index in [2.05, 4.69) is 41.0 Å². The maximum Gasteiger partial charge on any atom is 0.0905 e. The van der Waals surface area contributed by atoms with Crippen molar-refractivity contribution in [3.8, 4) is 0 Å². The van der Waals surface area contributed by atoms with E-state index >= 15 is 0 Å².